The summed E-state index contributed by atoms with van der Waals surface area (Å²) in [7, 11) is 0. The predicted octanol–water partition coefficient (Wildman–Crippen LogP) is 2.88. The molecule has 0 fully saturated rings. The third kappa shape index (κ3) is 3.63. The summed E-state index contributed by atoms with van der Waals surface area (Å²) in [4.78, 5) is 14.0. The molecule has 0 aliphatic heterocycles. The SMILES string of the molecule is NNC(=O)c1ccc(CSc2ccc(N)cc2Cl)s1. The average Bonchev–Trinajstić information content (AvgIpc) is 2.85. The van der Waals surface area contributed by atoms with Crippen molar-refractivity contribution in [1.29, 1.82) is 0 Å². The quantitative estimate of drug-likeness (QED) is 0.266. The summed E-state index contributed by atoms with van der Waals surface area (Å²) < 4.78 is 0. The highest BCUT2D eigenvalue weighted by molar-refractivity contribution is 7.98. The average molecular weight is 314 g/mol. The molecule has 2 aromatic rings. The zero-order chi connectivity index (χ0) is 13.8. The molecule has 0 spiro atoms. The standard InChI is InChI=1S/C12H12ClN3OS2/c13-9-5-7(14)1-3-10(9)18-6-8-2-4-11(19-8)12(17)16-15/h1-5H,6,14-15H2,(H,16,17). The number of anilines is 1. The van der Waals surface area contributed by atoms with Gasteiger partial charge in [-0.05, 0) is 30.3 Å². The number of nitrogens with two attached hydrogens (primary N) is 2. The number of hydrazine groups is 1. The van der Waals surface area contributed by atoms with Crippen molar-refractivity contribution in [2.75, 3.05) is 5.73 Å². The molecule has 0 unspecified atom stereocenters. The number of carbonyl (C=O) groups is 1. The number of thioether (sulfide) groups is 1. The van der Waals surface area contributed by atoms with E-state index in [4.69, 9.17) is 23.2 Å². The summed E-state index contributed by atoms with van der Waals surface area (Å²) in [6.07, 6.45) is 0. The van der Waals surface area contributed by atoms with Crippen LogP contribution in [0.1, 0.15) is 14.5 Å². The lowest BCUT2D eigenvalue weighted by Gasteiger charge is -2.03. The molecule has 0 radical (unpaired) electrons. The monoisotopic (exact) mass is 313 g/mol. The van der Waals surface area contributed by atoms with Gasteiger partial charge >= 0.3 is 0 Å². The second-order valence-corrected chi connectivity index (χ2v) is 6.31. The van der Waals surface area contributed by atoms with Crippen LogP contribution in [0.3, 0.4) is 0 Å². The van der Waals surface area contributed by atoms with Gasteiger partial charge in [-0.1, -0.05) is 11.6 Å². The number of thiophene rings is 1. The van der Waals surface area contributed by atoms with E-state index >= 15 is 0 Å². The number of nitrogens with one attached hydrogen (secondary N) is 1. The van der Waals surface area contributed by atoms with Gasteiger partial charge < -0.3 is 5.73 Å². The molecule has 0 atom stereocenters. The Morgan fingerprint density at radius 1 is 1.37 bits per heavy atom. The molecular formula is C12H12ClN3OS2. The van der Waals surface area contributed by atoms with E-state index in [-0.39, 0.29) is 5.91 Å². The highest BCUT2D eigenvalue weighted by atomic mass is 35.5. The van der Waals surface area contributed by atoms with Crippen LogP contribution in [-0.2, 0) is 5.75 Å². The van der Waals surface area contributed by atoms with Gasteiger partial charge in [0.25, 0.3) is 5.91 Å². The Kier molecular flexibility index (Phi) is 4.71. The van der Waals surface area contributed by atoms with Crippen molar-refractivity contribution in [2.24, 2.45) is 5.84 Å². The van der Waals surface area contributed by atoms with Gasteiger partial charge in [-0.3, -0.25) is 10.2 Å². The maximum Gasteiger partial charge on any atom is 0.275 e. The van der Waals surface area contributed by atoms with Crippen LogP contribution in [0.25, 0.3) is 0 Å². The minimum absolute atomic E-state index is 0.272. The fraction of sp³-hybridized carbons (Fsp3) is 0.0833. The first kappa shape index (κ1) is 14.2. The molecule has 0 saturated heterocycles. The fourth-order valence-corrected chi connectivity index (χ4v) is 3.66. The smallest absolute Gasteiger partial charge is 0.275 e. The Bertz CT molecular complexity index is 600. The van der Waals surface area contributed by atoms with Gasteiger partial charge in [0.2, 0.25) is 0 Å². The number of hydrogen-bond donors (Lipinski definition) is 3. The molecule has 100 valence electrons. The van der Waals surface area contributed by atoms with E-state index in [1.165, 1.54) is 11.3 Å². The molecule has 7 heteroatoms. The molecule has 2 rings (SSSR count). The molecule has 1 aromatic heterocycles. The van der Waals surface area contributed by atoms with E-state index in [9.17, 15) is 4.79 Å². The summed E-state index contributed by atoms with van der Waals surface area (Å²) >= 11 is 9.11. The van der Waals surface area contributed by atoms with Gasteiger partial charge in [-0.25, -0.2) is 5.84 Å². The molecule has 19 heavy (non-hydrogen) atoms. The van der Waals surface area contributed by atoms with Crippen LogP contribution in [0, 0.1) is 0 Å². The second-order valence-electron chi connectivity index (χ2n) is 3.72. The van der Waals surface area contributed by atoms with E-state index in [0.29, 0.717) is 15.6 Å². The first-order valence-electron chi connectivity index (χ1n) is 5.37. The molecule has 1 heterocycles. The Morgan fingerprint density at radius 2 is 2.16 bits per heavy atom. The second kappa shape index (κ2) is 6.29. The van der Waals surface area contributed by atoms with Gasteiger partial charge in [0.05, 0.1) is 9.90 Å². The molecule has 0 aliphatic rings. The maximum atomic E-state index is 11.3. The maximum absolute atomic E-state index is 11.3. The van der Waals surface area contributed by atoms with Crippen LogP contribution in [-0.4, -0.2) is 5.91 Å². The van der Waals surface area contributed by atoms with Crippen molar-refractivity contribution in [3.8, 4) is 0 Å². The molecular weight excluding hydrogens is 302 g/mol. The summed E-state index contributed by atoms with van der Waals surface area (Å²) in [5.74, 6) is 5.56. The summed E-state index contributed by atoms with van der Waals surface area (Å²) in [5, 5.41) is 0.640. The van der Waals surface area contributed by atoms with E-state index in [0.717, 1.165) is 15.5 Å². The predicted molar refractivity (Wildman–Crippen MR) is 81.4 cm³/mol. The fourth-order valence-electron chi connectivity index (χ4n) is 1.43. The highest BCUT2D eigenvalue weighted by Gasteiger charge is 2.08. The number of amides is 1. The van der Waals surface area contributed by atoms with Crippen LogP contribution in [0.2, 0.25) is 5.02 Å². The van der Waals surface area contributed by atoms with Crippen molar-refractivity contribution in [2.45, 2.75) is 10.6 Å². The third-order valence-corrected chi connectivity index (χ3v) is 5.16. The summed E-state index contributed by atoms with van der Waals surface area (Å²) in [6, 6.07) is 9.10. The van der Waals surface area contributed by atoms with Crippen molar-refractivity contribution in [1.82, 2.24) is 5.43 Å². The lowest BCUT2D eigenvalue weighted by atomic mass is 10.3. The molecule has 5 N–H and O–H groups in total. The third-order valence-electron chi connectivity index (χ3n) is 2.34. The number of carbonyl (C=O) groups excluding carboxylic acids is 1. The molecule has 0 bridgehead atoms. The van der Waals surface area contributed by atoms with E-state index < -0.39 is 0 Å². The minimum Gasteiger partial charge on any atom is -0.399 e. The van der Waals surface area contributed by atoms with E-state index in [2.05, 4.69) is 5.43 Å². The minimum atomic E-state index is -0.272. The lowest BCUT2D eigenvalue weighted by Crippen LogP contribution is -2.29. The number of nitrogen functional groups attached to an aromatic ring is 2. The number of hydrogen-bond acceptors (Lipinski definition) is 5. The van der Waals surface area contributed by atoms with E-state index in [1.807, 2.05) is 18.2 Å². The largest absolute Gasteiger partial charge is 0.399 e. The Morgan fingerprint density at radius 3 is 2.84 bits per heavy atom. The Balaban J connectivity index is 2.02. The summed E-state index contributed by atoms with van der Waals surface area (Å²) in [5.41, 5.74) is 8.40. The lowest BCUT2D eigenvalue weighted by molar-refractivity contribution is 0.0957. The van der Waals surface area contributed by atoms with Gasteiger partial charge in [-0.15, -0.1) is 23.1 Å². The van der Waals surface area contributed by atoms with Crippen molar-refractivity contribution in [3.05, 3.63) is 45.1 Å². The first-order valence-corrected chi connectivity index (χ1v) is 7.55. The van der Waals surface area contributed by atoms with Gasteiger partial charge in [-0.2, -0.15) is 0 Å². The van der Waals surface area contributed by atoms with Crippen LogP contribution in [0.15, 0.2) is 35.2 Å². The zero-order valence-corrected chi connectivity index (χ0v) is 12.2. The number of halogens is 1. The first-order chi connectivity index (χ1) is 9.10. The Labute approximate surface area is 124 Å². The van der Waals surface area contributed by atoms with Crippen LogP contribution in [0.5, 0.6) is 0 Å². The van der Waals surface area contributed by atoms with Crippen LogP contribution >= 0.6 is 34.7 Å². The van der Waals surface area contributed by atoms with Crippen molar-refractivity contribution < 1.29 is 4.79 Å². The van der Waals surface area contributed by atoms with Crippen molar-refractivity contribution >= 4 is 46.3 Å². The van der Waals surface area contributed by atoms with Crippen molar-refractivity contribution in [3.63, 3.8) is 0 Å². The number of rotatable bonds is 4. The molecule has 1 aromatic carbocycles. The van der Waals surface area contributed by atoms with Crippen LogP contribution < -0.4 is 17.0 Å². The zero-order valence-electron chi connectivity index (χ0n) is 9.85. The highest BCUT2D eigenvalue weighted by Crippen LogP contribution is 2.32. The topological polar surface area (TPSA) is 81.1 Å². The molecule has 0 aliphatic carbocycles. The Hall–Kier alpha value is -1.21. The molecule has 4 nitrogen and oxygen atoms in total. The normalized spacial score (nSPS) is 10.4. The molecule has 0 saturated carbocycles. The van der Waals surface area contributed by atoms with Gasteiger partial charge in [0.1, 0.15) is 0 Å². The van der Waals surface area contributed by atoms with Gasteiger partial charge in [0, 0.05) is 21.2 Å². The summed E-state index contributed by atoms with van der Waals surface area (Å²) in [6.45, 7) is 0. The number of benzene rings is 1. The molecule has 1 amide bonds. The van der Waals surface area contributed by atoms with Crippen LogP contribution in [0.4, 0.5) is 5.69 Å². The van der Waals surface area contributed by atoms with Gasteiger partial charge in [0.15, 0.2) is 0 Å². The van der Waals surface area contributed by atoms with E-state index in [1.54, 1.807) is 23.9 Å².